The van der Waals surface area contributed by atoms with Gasteiger partial charge in [-0.3, -0.25) is 0 Å². The lowest BCUT2D eigenvalue weighted by Gasteiger charge is -2.17. The Kier molecular flexibility index (Phi) is 3.18. The van der Waals surface area contributed by atoms with E-state index in [1.54, 1.807) is 0 Å². The molecule has 6 heteroatoms. The van der Waals surface area contributed by atoms with Gasteiger partial charge in [-0.1, -0.05) is 6.07 Å². The molecule has 1 rings (SSSR count). The van der Waals surface area contributed by atoms with Crippen molar-refractivity contribution in [3.05, 3.63) is 29.6 Å². The molecular weight excluding hydrogens is 216 g/mol. The normalized spacial score (nSPS) is 13.7. The van der Waals surface area contributed by atoms with Crippen molar-refractivity contribution >= 4 is 0 Å². The van der Waals surface area contributed by atoms with Crippen LogP contribution < -0.4 is 4.74 Å². The summed E-state index contributed by atoms with van der Waals surface area (Å²) in [6.07, 6.45) is -7.80. The van der Waals surface area contributed by atoms with E-state index in [0.29, 0.717) is 0 Å². The number of hydrogen-bond acceptors (Lipinski definition) is 2. The van der Waals surface area contributed by atoms with Gasteiger partial charge in [-0.15, -0.1) is 0 Å². The fourth-order valence-corrected chi connectivity index (χ4v) is 1.12. The van der Waals surface area contributed by atoms with Gasteiger partial charge in [-0.05, 0) is 12.1 Å². The monoisotopic (exact) mass is 224 g/mol. The van der Waals surface area contributed by atoms with E-state index >= 15 is 0 Å². The van der Waals surface area contributed by atoms with E-state index in [1.807, 2.05) is 0 Å². The minimum atomic E-state index is -4.92. The van der Waals surface area contributed by atoms with Gasteiger partial charge in [0.25, 0.3) is 0 Å². The van der Waals surface area contributed by atoms with Crippen molar-refractivity contribution in [2.75, 3.05) is 7.11 Å². The molecule has 0 saturated heterocycles. The molecule has 0 spiro atoms. The Morgan fingerprint density at radius 1 is 1.33 bits per heavy atom. The van der Waals surface area contributed by atoms with Crippen LogP contribution in [-0.4, -0.2) is 18.4 Å². The second-order valence-corrected chi connectivity index (χ2v) is 2.80. The van der Waals surface area contributed by atoms with Crippen molar-refractivity contribution < 1.29 is 27.4 Å². The third-order valence-electron chi connectivity index (χ3n) is 1.82. The van der Waals surface area contributed by atoms with Crippen molar-refractivity contribution in [3.8, 4) is 5.75 Å². The van der Waals surface area contributed by atoms with Crippen LogP contribution in [0.1, 0.15) is 11.7 Å². The van der Waals surface area contributed by atoms with E-state index in [-0.39, 0.29) is 5.75 Å². The second-order valence-electron chi connectivity index (χ2n) is 2.80. The predicted octanol–water partition coefficient (Wildman–Crippen LogP) is 2.43. The highest BCUT2D eigenvalue weighted by Gasteiger charge is 2.42. The van der Waals surface area contributed by atoms with Crippen molar-refractivity contribution in [1.82, 2.24) is 0 Å². The SMILES string of the molecule is COc1cccc(F)c1[C@H](O)C(F)(F)F. The first kappa shape index (κ1) is 11.8. The summed E-state index contributed by atoms with van der Waals surface area (Å²) in [7, 11) is 1.10. The summed E-state index contributed by atoms with van der Waals surface area (Å²) in [6, 6.07) is 3.17. The third-order valence-corrected chi connectivity index (χ3v) is 1.82. The Bertz CT molecular complexity index is 348. The maximum absolute atomic E-state index is 13.1. The fourth-order valence-electron chi connectivity index (χ4n) is 1.12. The molecule has 0 heterocycles. The van der Waals surface area contributed by atoms with Gasteiger partial charge >= 0.3 is 6.18 Å². The van der Waals surface area contributed by atoms with E-state index in [9.17, 15) is 17.6 Å². The molecule has 0 unspecified atom stereocenters. The molecule has 84 valence electrons. The van der Waals surface area contributed by atoms with E-state index in [0.717, 1.165) is 19.2 Å². The highest BCUT2D eigenvalue weighted by molar-refractivity contribution is 5.37. The Morgan fingerprint density at radius 3 is 2.40 bits per heavy atom. The highest BCUT2D eigenvalue weighted by atomic mass is 19.4. The maximum atomic E-state index is 13.1. The van der Waals surface area contributed by atoms with E-state index in [4.69, 9.17) is 5.11 Å². The molecule has 0 bridgehead atoms. The number of alkyl halides is 3. The molecule has 1 aromatic rings. The number of aliphatic hydroxyl groups excluding tert-OH is 1. The molecule has 0 aliphatic heterocycles. The molecule has 0 aliphatic rings. The minimum Gasteiger partial charge on any atom is -0.496 e. The molecule has 0 saturated carbocycles. The summed E-state index contributed by atoms with van der Waals surface area (Å²) >= 11 is 0. The Balaban J connectivity index is 3.23. The zero-order valence-electron chi connectivity index (χ0n) is 7.68. The first-order valence-electron chi connectivity index (χ1n) is 3.95. The molecule has 1 aromatic carbocycles. The summed E-state index contributed by atoms with van der Waals surface area (Å²) in [4.78, 5) is 0. The van der Waals surface area contributed by atoms with Gasteiger partial charge in [-0.2, -0.15) is 13.2 Å². The van der Waals surface area contributed by atoms with Gasteiger partial charge in [0.2, 0.25) is 0 Å². The number of benzene rings is 1. The van der Waals surface area contributed by atoms with E-state index in [2.05, 4.69) is 4.74 Å². The van der Waals surface area contributed by atoms with Gasteiger partial charge in [0.1, 0.15) is 11.6 Å². The summed E-state index contributed by atoms with van der Waals surface area (Å²) in [5.41, 5.74) is -0.896. The van der Waals surface area contributed by atoms with E-state index < -0.39 is 23.7 Å². The lowest BCUT2D eigenvalue weighted by atomic mass is 10.1. The molecule has 0 aliphatic carbocycles. The van der Waals surface area contributed by atoms with Crippen LogP contribution in [0.2, 0.25) is 0 Å². The summed E-state index contributed by atoms with van der Waals surface area (Å²) in [6.45, 7) is 0. The van der Waals surface area contributed by atoms with Crippen LogP contribution in [-0.2, 0) is 0 Å². The molecule has 1 N–H and O–H groups in total. The molecule has 1 atom stereocenters. The first-order chi connectivity index (χ1) is 6.88. The van der Waals surface area contributed by atoms with Gasteiger partial charge in [0.05, 0.1) is 12.7 Å². The molecular formula is C9H8F4O2. The lowest BCUT2D eigenvalue weighted by molar-refractivity contribution is -0.207. The molecule has 0 fully saturated rings. The number of halogens is 4. The standard InChI is InChI=1S/C9H8F4O2/c1-15-6-4-2-3-5(10)7(6)8(14)9(11,12)13/h2-4,8,14H,1H3/t8-/m0/s1. The summed E-state index contributed by atoms with van der Waals surface area (Å²) < 4.78 is 54.1. The van der Waals surface area contributed by atoms with Gasteiger partial charge < -0.3 is 9.84 Å². The zero-order valence-corrected chi connectivity index (χ0v) is 7.68. The van der Waals surface area contributed by atoms with Crippen molar-refractivity contribution in [3.63, 3.8) is 0 Å². The third kappa shape index (κ3) is 2.38. The summed E-state index contributed by atoms with van der Waals surface area (Å²) in [5.74, 6) is -1.49. The van der Waals surface area contributed by atoms with Gasteiger partial charge in [-0.25, -0.2) is 4.39 Å². The van der Waals surface area contributed by atoms with Crippen LogP contribution in [0.5, 0.6) is 5.75 Å². The van der Waals surface area contributed by atoms with Crippen molar-refractivity contribution in [2.45, 2.75) is 12.3 Å². The largest absolute Gasteiger partial charge is 0.496 e. The number of hydrogen-bond donors (Lipinski definition) is 1. The lowest BCUT2D eigenvalue weighted by Crippen LogP contribution is -2.22. The first-order valence-corrected chi connectivity index (χ1v) is 3.95. The fraction of sp³-hybridized carbons (Fsp3) is 0.333. The predicted molar refractivity (Wildman–Crippen MR) is 44.0 cm³/mol. The van der Waals surface area contributed by atoms with Crippen LogP contribution >= 0.6 is 0 Å². The minimum absolute atomic E-state index is 0.333. The molecule has 0 aromatic heterocycles. The number of methoxy groups -OCH3 is 1. The molecule has 0 amide bonds. The van der Waals surface area contributed by atoms with Crippen LogP contribution in [0.3, 0.4) is 0 Å². The van der Waals surface area contributed by atoms with Crippen LogP contribution in [0.25, 0.3) is 0 Å². The van der Waals surface area contributed by atoms with Crippen molar-refractivity contribution in [1.29, 1.82) is 0 Å². The average molecular weight is 224 g/mol. The number of ether oxygens (including phenoxy) is 1. The quantitative estimate of drug-likeness (QED) is 0.782. The average Bonchev–Trinajstić information content (AvgIpc) is 2.15. The second kappa shape index (κ2) is 4.06. The highest BCUT2D eigenvalue weighted by Crippen LogP contribution is 2.38. The van der Waals surface area contributed by atoms with Crippen LogP contribution in [0, 0.1) is 5.82 Å². The topological polar surface area (TPSA) is 29.5 Å². The number of aliphatic hydroxyl groups is 1. The summed E-state index contributed by atoms with van der Waals surface area (Å²) in [5, 5.41) is 8.90. The maximum Gasteiger partial charge on any atom is 0.418 e. The molecule has 0 radical (unpaired) electrons. The van der Waals surface area contributed by atoms with Gasteiger partial charge in [0, 0.05) is 0 Å². The van der Waals surface area contributed by atoms with E-state index in [1.165, 1.54) is 6.07 Å². The Labute approximate surface area is 83.1 Å². The molecule has 15 heavy (non-hydrogen) atoms. The van der Waals surface area contributed by atoms with Crippen LogP contribution in [0.15, 0.2) is 18.2 Å². The van der Waals surface area contributed by atoms with Gasteiger partial charge in [0.15, 0.2) is 6.10 Å². The van der Waals surface area contributed by atoms with Crippen molar-refractivity contribution in [2.24, 2.45) is 0 Å². The Hall–Kier alpha value is -1.30. The Morgan fingerprint density at radius 2 is 1.93 bits per heavy atom. The zero-order chi connectivity index (χ0) is 11.6. The molecule has 2 nitrogen and oxygen atoms in total. The smallest absolute Gasteiger partial charge is 0.418 e. The van der Waals surface area contributed by atoms with Crippen LogP contribution in [0.4, 0.5) is 17.6 Å². The number of rotatable bonds is 2.